The Kier molecular flexibility index (Phi) is 4.97. The Labute approximate surface area is 132 Å². The first-order chi connectivity index (χ1) is 10.3. The van der Waals surface area contributed by atoms with Crippen LogP contribution in [0, 0.1) is 5.82 Å². The van der Waals surface area contributed by atoms with Crippen LogP contribution in [-0.4, -0.2) is 16.7 Å². The lowest BCUT2D eigenvalue weighted by Crippen LogP contribution is -2.27. The summed E-state index contributed by atoms with van der Waals surface area (Å²) in [6.07, 6.45) is 1.03. The van der Waals surface area contributed by atoms with Crippen molar-refractivity contribution >= 4 is 28.8 Å². The molecule has 0 radical (unpaired) electrons. The van der Waals surface area contributed by atoms with E-state index in [2.05, 4.69) is 15.6 Å². The van der Waals surface area contributed by atoms with E-state index in [1.165, 1.54) is 23.5 Å². The second-order valence-electron chi connectivity index (χ2n) is 5.60. The molecule has 7 heteroatoms. The molecule has 5 nitrogen and oxygen atoms in total. The van der Waals surface area contributed by atoms with Crippen LogP contribution in [0.15, 0.2) is 29.8 Å². The zero-order valence-electron chi connectivity index (χ0n) is 12.6. The molecule has 0 aliphatic heterocycles. The van der Waals surface area contributed by atoms with Crippen LogP contribution < -0.4 is 10.6 Å². The van der Waals surface area contributed by atoms with Crippen molar-refractivity contribution in [1.29, 1.82) is 0 Å². The number of hydrogen-bond donors (Lipinski definition) is 2. The van der Waals surface area contributed by atoms with Gasteiger partial charge in [-0.2, -0.15) is 0 Å². The maximum absolute atomic E-state index is 13.8. The molecule has 0 atom stereocenters. The maximum Gasteiger partial charge on any atom is 0.412 e. The summed E-state index contributed by atoms with van der Waals surface area (Å²) in [5.41, 5.74) is 0.113. The summed E-state index contributed by atoms with van der Waals surface area (Å²) in [6.45, 7) is 5.77. The molecular weight excluding hydrogens is 305 g/mol. The van der Waals surface area contributed by atoms with Crippen LogP contribution in [0.2, 0.25) is 0 Å². The smallest absolute Gasteiger partial charge is 0.412 e. The fourth-order valence-corrected chi connectivity index (χ4v) is 2.22. The standard InChI is InChI=1S/C15H18FN3O2S/c1-15(2,3)21-14(20)19-12-8-10(4-5-11(12)16)18-9-13-17-6-7-22-13/h4-8,18H,9H2,1-3H3,(H,19,20). The highest BCUT2D eigenvalue weighted by atomic mass is 32.1. The Hall–Kier alpha value is -2.15. The number of carbonyl (C=O) groups excluding carboxylic acids is 1. The third-order valence-electron chi connectivity index (χ3n) is 2.53. The molecule has 0 bridgehead atoms. The molecule has 0 fully saturated rings. The summed E-state index contributed by atoms with van der Waals surface area (Å²) in [5.74, 6) is -0.523. The minimum Gasteiger partial charge on any atom is -0.444 e. The van der Waals surface area contributed by atoms with Crippen LogP contribution in [0.1, 0.15) is 25.8 Å². The summed E-state index contributed by atoms with van der Waals surface area (Å²) in [7, 11) is 0. The number of rotatable bonds is 4. The molecule has 2 aromatic rings. The SMILES string of the molecule is CC(C)(C)OC(=O)Nc1cc(NCc2nccs2)ccc1F. The second-order valence-corrected chi connectivity index (χ2v) is 6.58. The Morgan fingerprint density at radius 2 is 2.18 bits per heavy atom. The number of nitrogens with one attached hydrogen (secondary N) is 2. The number of amides is 1. The van der Waals surface area contributed by atoms with Crippen molar-refractivity contribution in [2.75, 3.05) is 10.6 Å². The average molecular weight is 323 g/mol. The van der Waals surface area contributed by atoms with Crippen molar-refractivity contribution in [3.05, 3.63) is 40.6 Å². The van der Waals surface area contributed by atoms with E-state index in [4.69, 9.17) is 4.74 Å². The van der Waals surface area contributed by atoms with Crippen molar-refractivity contribution in [2.24, 2.45) is 0 Å². The van der Waals surface area contributed by atoms with Crippen LogP contribution in [-0.2, 0) is 11.3 Å². The van der Waals surface area contributed by atoms with E-state index in [1.54, 1.807) is 33.0 Å². The molecule has 0 aliphatic carbocycles. The summed E-state index contributed by atoms with van der Waals surface area (Å²) in [5, 5.41) is 8.34. The normalized spacial score (nSPS) is 11.1. The van der Waals surface area contributed by atoms with E-state index in [0.29, 0.717) is 12.2 Å². The van der Waals surface area contributed by atoms with Gasteiger partial charge in [0.1, 0.15) is 16.4 Å². The third-order valence-corrected chi connectivity index (χ3v) is 3.31. The lowest BCUT2D eigenvalue weighted by molar-refractivity contribution is 0.0635. The average Bonchev–Trinajstić information content (AvgIpc) is 2.90. The van der Waals surface area contributed by atoms with Crippen LogP contribution in [0.3, 0.4) is 0 Å². The summed E-state index contributed by atoms with van der Waals surface area (Å²) >= 11 is 1.53. The largest absolute Gasteiger partial charge is 0.444 e. The Morgan fingerprint density at radius 1 is 1.41 bits per heavy atom. The zero-order valence-corrected chi connectivity index (χ0v) is 13.5. The number of benzene rings is 1. The second kappa shape index (κ2) is 6.74. The molecule has 1 amide bonds. The highest BCUT2D eigenvalue weighted by Crippen LogP contribution is 2.21. The Balaban J connectivity index is 2.01. The molecule has 118 valence electrons. The van der Waals surface area contributed by atoms with Gasteiger partial charge in [-0.25, -0.2) is 14.2 Å². The van der Waals surface area contributed by atoms with Gasteiger partial charge in [0.15, 0.2) is 0 Å². The van der Waals surface area contributed by atoms with Crippen molar-refractivity contribution in [1.82, 2.24) is 4.98 Å². The minimum atomic E-state index is -0.691. The Bertz CT molecular complexity index is 639. The van der Waals surface area contributed by atoms with Gasteiger partial charge in [0.05, 0.1) is 12.2 Å². The first kappa shape index (κ1) is 16.2. The summed E-state index contributed by atoms with van der Waals surface area (Å²) in [4.78, 5) is 15.9. The van der Waals surface area contributed by atoms with Crippen LogP contribution in [0.4, 0.5) is 20.6 Å². The number of ether oxygens (including phenoxy) is 1. The van der Waals surface area contributed by atoms with Gasteiger partial charge in [-0.1, -0.05) is 0 Å². The van der Waals surface area contributed by atoms with Crippen molar-refractivity contribution in [2.45, 2.75) is 32.9 Å². The first-order valence-corrected chi connectivity index (χ1v) is 7.63. The van der Waals surface area contributed by atoms with Crippen LogP contribution in [0.5, 0.6) is 0 Å². The molecule has 2 N–H and O–H groups in total. The molecular formula is C15H18FN3O2S. The monoisotopic (exact) mass is 323 g/mol. The van der Waals surface area contributed by atoms with E-state index in [0.717, 1.165) is 5.01 Å². The maximum atomic E-state index is 13.8. The number of hydrogen-bond acceptors (Lipinski definition) is 5. The fraction of sp³-hybridized carbons (Fsp3) is 0.333. The quantitative estimate of drug-likeness (QED) is 0.883. The van der Waals surface area contributed by atoms with Gasteiger partial charge < -0.3 is 10.1 Å². The molecule has 0 spiro atoms. The molecule has 0 saturated heterocycles. The van der Waals surface area contributed by atoms with E-state index in [1.807, 2.05) is 5.38 Å². The van der Waals surface area contributed by atoms with Crippen molar-refractivity contribution < 1.29 is 13.9 Å². The van der Waals surface area contributed by atoms with Crippen LogP contribution >= 0.6 is 11.3 Å². The number of thiazole rings is 1. The van der Waals surface area contributed by atoms with E-state index in [-0.39, 0.29) is 5.69 Å². The summed E-state index contributed by atoms with van der Waals surface area (Å²) < 4.78 is 18.9. The number of aromatic nitrogens is 1. The van der Waals surface area contributed by atoms with Gasteiger partial charge in [0.2, 0.25) is 0 Å². The van der Waals surface area contributed by atoms with Gasteiger partial charge >= 0.3 is 6.09 Å². The molecule has 1 aromatic heterocycles. The Morgan fingerprint density at radius 3 is 2.82 bits per heavy atom. The molecule has 2 rings (SSSR count). The number of nitrogens with zero attached hydrogens (tertiary/aromatic N) is 1. The summed E-state index contributed by atoms with van der Waals surface area (Å²) in [6, 6.07) is 4.41. The van der Waals surface area contributed by atoms with Gasteiger partial charge in [-0.3, -0.25) is 5.32 Å². The van der Waals surface area contributed by atoms with Crippen molar-refractivity contribution in [3.8, 4) is 0 Å². The predicted molar refractivity (Wildman–Crippen MR) is 85.7 cm³/mol. The molecule has 22 heavy (non-hydrogen) atoms. The molecule has 1 heterocycles. The van der Waals surface area contributed by atoms with Gasteiger partial charge in [0.25, 0.3) is 0 Å². The third kappa shape index (κ3) is 5.00. The first-order valence-electron chi connectivity index (χ1n) is 6.75. The number of anilines is 2. The number of carbonyl (C=O) groups is 1. The fourth-order valence-electron chi connectivity index (χ4n) is 1.66. The lowest BCUT2D eigenvalue weighted by atomic mass is 10.2. The van der Waals surface area contributed by atoms with Crippen LogP contribution in [0.25, 0.3) is 0 Å². The van der Waals surface area contributed by atoms with Crippen molar-refractivity contribution in [3.63, 3.8) is 0 Å². The predicted octanol–water partition coefficient (Wildman–Crippen LogP) is 4.24. The minimum absolute atomic E-state index is 0.0680. The molecule has 0 unspecified atom stereocenters. The zero-order chi connectivity index (χ0) is 16.2. The highest BCUT2D eigenvalue weighted by molar-refractivity contribution is 7.09. The van der Waals surface area contributed by atoms with E-state index in [9.17, 15) is 9.18 Å². The number of halogens is 1. The van der Waals surface area contributed by atoms with Gasteiger partial charge in [-0.15, -0.1) is 11.3 Å². The topological polar surface area (TPSA) is 63.2 Å². The molecule has 0 saturated carbocycles. The molecule has 0 aliphatic rings. The van der Waals surface area contributed by atoms with E-state index >= 15 is 0 Å². The van der Waals surface area contributed by atoms with E-state index < -0.39 is 17.5 Å². The lowest BCUT2D eigenvalue weighted by Gasteiger charge is -2.20. The highest BCUT2D eigenvalue weighted by Gasteiger charge is 2.17. The molecule has 1 aromatic carbocycles. The van der Waals surface area contributed by atoms with Gasteiger partial charge in [-0.05, 0) is 39.0 Å². The van der Waals surface area contributed by atoms with Gasteiger partial charge in [0, 0.05) is 17.3 Å².